The molecule has 3 atom stereocenters. The molecule has 2 amide bonds. The van der Waals surface area contributed by atoms with Crippen molar-refractivity contribution in [3.8, 4) is 0 Å². The fraction of sp³-hybridized carbons (Fsp3) is 0.867. The van der Waals surface area contributed by atoms with Crippen LogP contribution < -0.4 is 16.4 Å². The number of rotatable bonds is 7. The van der Waals surface area contributed by atoms with E-state index in [1.54, 1.807) is 0 Å². The van der Waals surface area contributed by atoms with Crippen LogP contribution in [0.15, 0.2) is 0 Å². The van der Waals surface area contributed by atoms with Crippen LogP contribution in [0.25, 0.3) is 0 Å². The van der Waals surface area contributed by atoms with Gasteiger partial charge in [-0.05, 0) is 31.1 Å². The number of amides is 2. The van der Waals surface area contributed by atoms with Crippen molar-refractivity contribution in [1.82, 2.24) is 10.6 Å². The Kier molecular flexibility index (Phi) is 7.50. The van der Waals surface area contributed by atoms with E-state index in [4.69, 9.17) is 10.8 Å². The van der Waals surface area contributed by atoms with Gasteiger partial charge in [-0.3, -0.25) is 4.79 Å². The summed E-state index contributed by atoms with van der Waals surface area (Å²) in [4.78, 5) is 22.8. The molecule has 0 saturated heterocycles. The van der Waals surface area contributed by atoms with Crippen molar-refractivity contribution >= 4 is 12.0 Å². The molecule has 6 heteroatoms. The highest BCUT2D eigenvalue weighted by Crippen LogP contribution is 2.17. The minimum Gasteiger partial charge on any atom is -0.481 e. The summed E-state index contributed by atoms with van der Waals surface area (Å²) in [5, 5.41) is 14.6. The molecule has 1 aliphatic carbocycles. The minimum absolute atomic E-state index is 0.0231. The van der Waals surface area contributed by atoms with Gasteiger partial charge in [0.05, 0.1) is 0 Å². The number of hydrogen-bond acceptors (Lipinski definition) is 3. The SMILES string of the molecule is CC(C)CC(CNC(=O)NC1CCCCC1N)CC(=O)O. The Morgan fingerprint density at radius 2 is 1.95 bits per heavy atom. The van der Waals surface area contributed by atoms with Gasteiger partial charge in [-0.15, -0.1) is 0 Å². The molecule has 0 bridgehead atoms. The molecule has 0 aromatic carbocycles. The number of aliphatic carboxylic acids is 1. The zero-order valence-corrected chi connectivity index (χ0v) is 13.1. The molecular weight excluding hydrogens is 270 g/mol. The number of carboxylic acids is 1. The van der Waals surface area contributed by atoms with Crippen LogP contribution in [0.4, 0.5) is 4.79 Å². The summed E-state index contributed by atoms with van der Waals surface area (Å²) in [6.45, 7) is 4.49. The first kappa shape index (κ1) is 17.8. The summed E-state index contributed by atoms with van der Waals surface area (Å²) in [5.41, 5.74) is 5.99. The van der Waals surface area contributed by atoms with Crippen LogP contribution >= 0.6 is 0 Å². The Morgan fingerprint density at radius 1 is 1.29 bits per heavy atom. The molecule has 0 heterocycles. The standard InChI is InChI=1S/C15H29N3O3/c1-10(2)7-11(8-14(19)20)9-17-15(21)18-13-6-4-3-5-12(13)16/h10-13H,3-9,16H2,1-2H3,(H,19,20)(H2,17,18,21). The fourth-order valence-corrected chi connectivity index (χ4v) is 2.95. The fourth-order valence-electron chi connectivity index (χ4n) is 2.95. The van der Waals surface area contributed by atoms with Gasteiger partial charge < -0.3 is 21.5 Å². The topological polar surface area (TPSA) is 104 Å². The average Bonchev–Trinajstić information content (AvgIpc) is 2.37. The van der Waals surface area contributed by atoms with Crippen molar-refractivity contribution in [2.75, 3.05) is 6.54 Å². The second-order valence-corrected chi connectivity index (χ2v) is 6.50. The highest BCUT2D eigenvalue weighted by atomic mass is 16.4. The van der Waals surface area contributed by atoms with Crippen LogP contribution in [-0.2, 0) is 4.79 Å². The van der Waals surface area contributed by atoms with Crippen molar-refractivity contribution in [2.24, 2.45) is 17.6 Å². The van der Waals surface area contributed by atoms with E-state index in [0.29, 0.717) is 12.5 Å². The first-order chi connectivity index (χ1) is 9.88. The number of nitrogens with two attached hydrogens (primary N) is 1. The van der Waals surface area contributed by atoms with E-state index in [-0.39, 0.29) is 30.5 Å². The zero-order valence-electron chi connectivity index (χ0n) is 13.1. The first-order valence-electron chi connectivity index (χ1n) is 7.90. The number of urea groups is 1. The second-order valence-electron chi connectivity index (χ2n) is 6.50. The number of nitrogens with one attached hydrogen (secondary N) is 2. The van der Waals surface area contributed by atoms with Crippen LogP contribution in [0.2, 0.25) is 0 Å². The van der Waals surface area contributed by atoms with Gasteiger partial charge in [0.2, 0.25) is 0 Å². The third-order valence-electron chi connectivity index (χ3n) is 3.96. The molecule has 0 aliphatic heterocycles. The largest absolute Gasteiger partial charge is 0.481 e. The summed E-state index contributed by atoms with van der Waals surface area (Å²) in [7, 11) is 0. The van der Waals surface area contributed by atoms with Gasteiger partial charge >= 0.3 is 12.0 Å². The molecule has 1 aliphatic rings. The van der Waals surface area contributed by atoms with E-state index in [9.17, 15) is 9.59 Å². The van der Waals surface area contributed by atoms with Gasteiger partial charge in [0.15, 0.2) is 0 Å². The number of carbonyl (C=O) groups is 2. The normalized spacial score (nSPS) is 23.6. The third-order valence-corrected chi connectivity index (χ3v) is 3.96. The van der Waals surface area contributed by atoms with Crippen LogP contribution in [0, 0.1) is 11.8 Å². The Bertz CT molecular complexity index is 347. The summed E-state index contributed by atoms with van der Waals surface area (Å²) >= 11 is 0. The lowest BCUT2D eigenvalue weighted by molar-refractivity contribution is -0.138. The summed E-state index contributed by atoms with van der Waals surface area (Å²) in [5.74, 6) is -0.448. The maximum atomic E-state index is 11.9. The Labute approximate surface area is 126 Å². The molecule has 5 N–H and O–H groups in total. The molecule has 0 aromatic rings. The molecule has 6 nitrogen and oxygen atoms in total. The van der Waals surface area contributed by atoms with Crippen molar-refractivity contribution in [3.05, 3.63) is 0 Å². The number of carbonyl (C=O) groups excluding carboxylic acids is 1. The predicted octanol–water partition coefficient (Wildman–Crippen LogP) is 1.69. The molecule has 0 radical (unpaired) electrons. The Hall–Kier alpha value is -1.30. The smallest absolute Gasteiger partial charge is 0.315 e. The molecule has 1 rings (SSSR count). The lowest BCUT2D eigenvalue weighted by Gasteiger charge is -2.29. The molecule has 122 valence electrons. The summed E-state index contributed by atoms with van der Waals surface area (Å²) in [6.07, 6.45) is 4.94. The van der Waals surface area contributed by atoms with Crippen LogP contribution in [-0.4, -0.2) is 35.7 Å². The van der Waals surface area contributed by atoms with Crippen molar-refractivity contribution in [1.29, 1.82) is 0 Å². The van der Waals surface area contributed by atoms with Gasteiger partial charge in [-0.2, -0.15) is 0 Å². The minimum atomic E-state index is -0.822. The number of carboxylic acid groups (broad SMARTS) is 1. The maximum Gasteiger partial charge on any atom is 0.315 e. The predicted molar refractivity (Wildman–Crippen MR) is 82.0 cm³/mol. The number of hydrogen-bond donors (Lipinski definition) is 4. The first-order valence-corrected chi connectivity index (χ1v) is 7.90. The molecular formula is C15H29N3O3. The van der Waals surface area contributed by atoms with Crippen LogP contribution in [0.5, 0.6) is 0 Å². The molecule has 0 aromatic heterocycles. The quantitative estimate of drug-likeness (QED) is 0.574. The monoisotopic (exact) mass is 299 g/mol. The van der Waals surface area contributed by atoms with Crippen molar-refractivity contribution in [3.63, 3.8) is 0 Å². The van der Waals surface area contributed by atoms with E-state index in [0.717, 1.165) is 32.1 Å². The average molecular weight is 299 g/mol. The van der Waals surface area contributed by atoms with Crippen LogP contribution in [0.3, 0.4) is 0 Å². The van der Waals surface area contributed by atoms with Crippen LogP contribution in [0.1, 0.15) is 52.4 Å². The van der Waals surface area contributed by atoms with Crippen molar-refractivity contribution in [2.45, 2.75) is 64.5 Å². The molecule has 3 unspecified atom stereocenters. The molecule has 0 spiro atoms. The Morgan fingerprint density at radius 3 is 2.52 bits per heavy atom. The third kappa shape index (κ3) is 7.32. The van der Waals surface area contributed by atoms with Gasteiger partial charge in [0, 0.05) is 25.0 Å². The highest BCUT2D eigenvalue weighted by molar-refractivity contribution is 5.74. The highest BCUT2D eigenvalue weighted by Gasteiger charge is 2.23. The van der Waals surface area contributed by atoms with E-state index in [1.807, 2.05) is 0 Å². The second kappa shape index (κ2) is 8.87. The Balaban J connectivity index is 2.36. The lowest BCUT2D eigenvalue weighted by atomic mass is 9.91. The van der Waals surface area contributed by atoms with Gasteiger partial charge in [0.1, 0.15) is 0 Å². The van der Waals surface area contributed by atoms with E-state index < -0.39 is 5.97 Å². The van der Waals surface area contributed by atoms with Gasteiger partial charge in [-0.25, -0.2) is 4.79 Å². The van der Waals surface area contributed by atoms with E-state index in [1.165, 1.54) is 0 Å². The summed E-state index contributed by atoms with van der Waals surface area (Å²) < 4.78 is 0. The zero-order chi connectivity index (χ0) is 15.8. The maximum absolute atomic E-state index is 11.9. The molecule has 1 saturated carbocycles. The summed E-state index contributed by atoms with van der Waals surface area (Å²) in [6, 6.07) is -0.187. The van der Waals surface area contributed by atoms with Crippen molar-refractivity contribution < 1.29 is 14.7 Å². The molecule has 1 fully saturated rings. The van der Waals surface area contributed by atoms with Gasteiger partial charge in [0.25, 0.3) is 0 Å². The van der Waals surface area contributed by atoms with E-state index >= 15 is 0 Å². The van der Waals surface area contributed by atoms with Gasteiger partial charge in [-0.1, -0.05) is 26.7 Å². The lowest BCUT2D eigenvalue weighted by Crippen LogP contribution is -2.52. The van der Waals surface area contributed by atoms with E-state index in [2.05, 4.69) is 24.5 Å². The molecule has 21 heavy (non-hydrogen) atoms.